The van der Waals surface area contributed by atoms with E-state index >= 15 is 0 Å². The highest BCUT2D eigenvalue weighted by atomic mass is 16.5. The molecule has 1 aromatic carbocycles. The molecule has 0 aliphatic heterocycles. The largest absolute Gasteiger partial charge is 0.493 e. The Kier molecular flexibility index (Phi) is 6.67. The molecule has 0 saturated heterocycles. The zero-order valence-corrected chi connectivity index (χ0v) is 15.5. The maximum Gasteiger partial charge on any atom is 0.228 e. The molecule has 1 fully saturated rings. The molecule has 1 N–H and O–H groups in total. The van der Waals surface area contributed by atoms with Crippen molar-refractivity contribution in [3.63, 3.8) is 0 Å². The van der Waals surface area contributed by atoms with Crippen LogP contribution in [0.5, 0.6) is 11.5 Å². The standard InChI is InChI=1S/C19H28N2O4/c1-5-9-21(10-6-2)19(23)15-12-14(15)18(22)20-13-7-8-16(24-3)17(11-13)25-4/h7-8,11,14-15H,5-6,9-10,12H2,1-4H3,(H,20,22). The maximum absolute atomic E-state index is 12.5. The first-order chi connectivity index (χ1) is 12.0. The number of anilines is 1. The lowest BCUT2D eigenvalue weighted by Crippen LogP contribution is -2.34. The molecule has 1 aliphatic carbocycles. The summed E-state index contributed by atoms with van der Waals surface area (Å²) in [6.45, 7) is 5.63. The minimum absolute atomic E-state index is 0.108. The highest BCUT2D eigenvalue weighted by Crippen LogP contribution is 2.41. The van der Waals surface area contributed by atoms with Crippen LogP contribution >= 0.6 is 0 Å². The monoisotopic (exact) mass is 348 g/mol. The van der Waals surface area contributed by atoms with Crippen molar-refractivity contribution in [2.45, 2.75) is 33.1 Å². The summed E-state index contributed by atoms with van der Waals surface area (Å²) in [7, 11) is 3.12. The van der Waals surface area contributed by atoms with Crippen molar-refractivity contribution in [3.05, 3.63) is 18.2 Å². The van der Waals surface area contributed by atoms with Crippen LogP contribution in [0.15, 0.2) is 18.2 Å². The predicted molar refractivity (Wildman–Crippen MR) is 96.9 cm³/mol. The Labute approximate surface area is 149 Å². The van der Waals surface area contributed by atoms with Crippen LogP contribution in [-0.2, 0) is 9.59 Å². The lowest BCUT2D eigenvalue weighted by molar-refractivity contribution is -0.134. The van der Waals surface area contributed by atoms with Crippen LogP contribution in [0.2, 0.25) is 0 Å². The van der Waals surface area contributed by atoms with Crippen LogP contribution in [0, 0.1) is 11.8 Å². The van der Waals surface area contributed by atoms with Gasteiger partial charge in [-0.05, 0) is 31.4 Å². The fourth-order valence-electron chi connectivity index (χ4n) is 3.01. The van der Waals surface area contributed by atoms with E-state index in [2.05, 4.69) is 19.2 Å². The van der Waals surface area contributed by atoms with Gasteiger partial charge in [-0.1, -0.05) is 13.8 Å². The van der Waals surface area contributed by atoms with Crippen molar-refractivity contribution in [2.75, 3.05) is 32.6 Å². The first-order valence-corrected chi connectivity index (χ1v) is 8.87. The molecule has 6 heteroatoms. The summed E-state index contributed by atoms with van der Waals surface area (Å²) in [5.41, 5.74) is 0.639. The van der Waals surface area contributed by atoms with Crippen LogP contribution in [0.1, 0.15) is 33.1 Å². The van der Waals surface area contributed by atoms with Crippen molar-refractivity contribution in [2.24, 2.45) is 11.8 Å². The summed E-state index contributed by atoms with van der Waals surface area (Å²) < 4.78 is 10.4. The van der Waals surface area contributed by atoms with E-state index in [4.69, 9.17) is 9.47 Å². The third kappa shape index (κ3) is 4.65. The van der Waals surface area contributed by atoms with E-state index in [1.807, 2.05) is 4.90 Å². The molecule has 25 heavy (non-hydrogen) atoms. The zero-order chi connectivity index (χ0) is 18.4. The number of benzene rings is 1. The first-order valence-electron chi connectivity index (χ1n) is 8.87. The van der Waals surface area contributed by atoms with E-state index in [0.717, 1.165) is 25.9 Å². The van der Waals surface area contributed by atoms with Crippen LogP contribution in [0.25, 0.3) is 0 Å². The molecule has 1 saturated carbocycles. The minimum atomic E-state index is -0.239. The van der Waals surface area contributed by atoms with Gasteiger partial charge < -0.3 is 19.7 Å². The predicted octanol–water partition coefficient (Wildman–Crippen LogP) is 2.93. The summed E-state index contributed by atoms with van der Waals surface area (Å²) in [5.74, 6) is 0.736. The van der Waals surface area contributed by atoms with E-state index in [1.165, 1.54) is 0 Å². The first kappa shape index (κ1) is 19.1. The Hall–Kier alpha value is -2.24. The SMILES string of the molecule is CCCN(CCC)C(=O)C1CC1C(=O)Nc1ccc(OC)c(OC)c1. The zero-order valence-electron chi connectivity index (χ0n) is 15.5. The van der Waals surface area contributed by atoms with Gasteiger partial charge in [0.25, 0.3) is 0 Å². The molecule has 6 nitrogen and oxygen atoms in total. The second-order valence-corrected chi connectivity index (χ2v) is 6.33. The molecule has 0 heterocycles. The highest BCUT2D eigenvalue weighted by molar-refractivity contribution is 5.99. The summed E-state index contributed by atoms with van der Waals surface area (Å²) in [5, 5.41) is 2.87. The Morgan fingerprint density at radius 1 is 1.08 bits per heavy atom. The molecule has 2 atom stereocenters. The molecule has 2 unspecified atom stereocenters. The fourth-order valence-corrected chi connectivity index (χ4v) is 3.01. The molecule has 0 aromatic heterocycles. The summed E-state index contributed by atoms with van der Waals surface area (Å²) in [6, 6.07) is 5.23. The average Bonchev–Trinajstić information content (AvgIpc) is 3.41. The van der Waals surface area contributed by atoms with Gasteiger partial charge in [-0.15, -0.1) is 0 Å². The third-order valence-corrected chi connectivity index (χ3v) is 4.39. The van der Waals surface area contributed by atoms with Gasteiger partial charge in [0.1, 0.15) is 0 Å². The van der Waals surface area contributed by atoms with Crippen LogP contribution in [0.3, 0.4) is 0 Å². The van der Waals surface area contributed by atoms with Crippen LogP contribution < -0.4 is 14.8 Å². The van der Waals surface area contributed by atoms with Gasteiger partial charge in [-0.25, -0.2) is 0 Å². The van der Waals surface area contributed by atoms with E-state index < -0.39 is 0 Å². The Balaban J connectivity index is 1.96. The Morgan fingerprint density at radius 2 is 1.72 bits per heavy atom. The lowest BCUT2D eigenvalue weighted by atomic mass is 10.2. The molecular weight excluding hydrogens is 320 g/mol. The molecule has 1 aromatic rings. The second kappa shape index (κ2) is 8.74. The number of rotatable bonds is 9. The molecule has 1 aliphatic rings. The van der Waals surface area contributed by atoms with Gasteiger partial charge in [0.05, 0.1) is 26.1 Å². The number of nitrogens with zero attached hydrogens (tertiary/aromatic N) is 1. The van der Waals surface area contributed by atoms with E-state index in [9.17, 15) is 9.59 Å². The average molecular weight is 348 g/mol. The van der Waals surface area contributed by atoms with Gasteiger partial charge >= 0.3 is 0 Å². The van der Waals surface area contributed by atoms with Gasteiger partial charge in [0, 0.05) is 24.8 Å². The number of nitrogens with one attached hydrogen (secondary N) is 1. The second-order valence-electron chi connectivity index (χ2n) is 6.33. The van der Waals surface area contributed by atoms with Crippen LogP contribution in [0.4, 0.5) is 5.69 Å². The fraction of sp³-hybridized carbons (Fsp3) is 0.579. The number of hydrogen-bond acceptors (Lipinski definition) is 4. The van der Waals surface area contributed by atoms with E-state index in [-0.39, 0.29) is 23.7 Å². The summed E-state index contributed by atoms with van der Waals surface area (Å²) in [6.07, 6.45) is 2.49. The number of ether oxygens (including phenoxy) is 2. The number of amides is 2. The highest BCUT2D eigenvalue weighted by Gasteiger charge is 2.49. The number of carbonyl (C=O) groups is 2. The Morgan fingerprint density at radius 3 is 2.28 bits per heavy atom. The van der Waals surface area contributed by atoms with E-state index in [0.29, 0.717) is 23.6 Å². The lowest BCUT2D eigenvalue weighted by Gasteiger charge is -2.21. The molecule has 0 spiro atoms. The molecular formula is C19H28N2O4. The van der Waals surface area contributed by atoms with Crippen molar-refractivity contribution < 1.29 is 19.1 Å². The van der Waals surface area contributed by atoms with Gasteiger partial charge in [0.2, 0.25) is 11.8 Å². The van der Waals surface area contributed by atoms with Gasteiger partial charge in [-0.3, -0.25) is 9.59 Å². The molecule has 2 amide bonds. The molecule has 0 bridgehead atoms. The van der Waals surface area contributed by atoms with Crippen molar-refractivity contribution in [1.29, 1.82) is 0 Å². The summed E-state index contributed by atoms with van der Waals surface area (Å²) in [4.78, 5) is 26.9. The van der Waals surface area contributed by atoms with Crippen molar-refractivity contribution >= 4 is 17.5 Å². The van der Waals surface area contributed by atoms with E-state index in [1.54, 1.807) is 32.4 Å². The molecule has 0 radical (unpaired) electrons. The topological polar surface area (TPSA) is 67.9 Å². The number of carbonyl (C=O) groups excluding carboxylic acids is 2. The Bertz CT molecular complexity index is 611. The third-order valence-electron chi connectivity index (χ3n) is 4.39. The van der Waals surface area contributed by atoms with Crippen molar-refractivity contribution in [1.82, 2.24) is 4.90 Å². The normalized spacial score (nSPS) is 18.4. The van der Waals surface area contributed by atoms with Crippen LogP contribution in [-0.4, -0.2) is 44.0 Å². The number of methoxy groups -OCH3 is 2. The molecule has 2 rings (SSSR count). The van der Waals surface area contributed by atoms with Gasteiger partial charge in [0.15, 0.2) is 11.5 Å². The summed E-state index contributed by atoms with van der Waals surface area (Å²) >= 11 is 0. The van der Waals surface area contributed by atoms with Gasteiger partial charge in [-0.2, -0.15) is 0 Å². The molecule has 138 valence electrons. The quantitative estimate of drug-likeness (QED) is 0.745. The maximum atomic E-state index is 12.5. The smallest absolute Gasteiger partial charge is 0.228 e. The minimum Gasteiger partial charge on any atom is -0.493 e. The number of hydrogen-bond donors (Lipinski definition) is 1. The van der Waals surface area contributed by atoms with Crippen molar-refractivity contribution in [3.8, 4) is 11.5 Å².